The van der Waals surface area contributed by atoms with Gasteiger partial charge in [0.1, 0.15) is 11.4 Å². The summed E-state index contributed by atoms with van der Waals surface area (Å²) in [5.74, 6) is -0.287. The van der Waals surface area contributed by atoms with Crippen molar-refractivity contribution in [3.05, 3.63) is 53.5 Å². The number of hydrogen-bond donors (Lipinski definition) is 3. The number of fused-ring (bicyclic) bond motifs is 1. The number of rotatable bonds is 6. The van der Waals surface area contributed by atoms with Gasteiger partial charge in [0.15, 0.2) is 0 Å². The summed E-state index contributed by atoms with van der Waals surface area (Å²) in [7, 11) is 0. The summed E-state index contributed by atoms with van der Waals surface area (Å²) in [6.45, 7) is 3.32. The monoisotopic (exact) mass is 490 g/mol. The zero-order valence-electron chi connectivity index (χ0n) is 19.6. The standard InChI is InChI=1S/C25H29F3N4O3/c1-24(2,35)18-13-20-16(14-32(31-20)17-8-6-15(7-9-17)10-11-33)12-21(18)30-23(34)19-4-3-5-22(29-19)25(26,27)28/h3-5,12-15,17,33,35H,6-11H2,1-2H3,(H,30,34)/t15-,17-. The molecule has 1 saturated carbocycles. The van der Waals surface area contributed by atoms with Crippen LogP contribution >= 0.6 is 0 Å². The van der Waals surface area contributed by atoms with E-state index in [2.05, 4.69) is 10.3 Å². The van der Waals surface area contributed by atoms with Crippen LogP contribution in [0, 0.1) is 5.92 Å². The molecule has 1 aliphatic rings. The van der Waals surface area contributed by atoms with Gasteiger partial charge in [-0.3, -0.25) is 9.48 Å². The lowest BCUT2D eigenvalue weighted by atomic mass is 9.84. The van der Waals surface area contributed by atoms with Crippen LogP contribution in [0.5, 0.6) is 0 Å². The molecule has 188 valence electrons. The van der Waals surface area contributed by atoms with Gasteiger partial charge in [0, 0.05) is 29.4 Å². The Bertz CT molecular complexity index is 1210. The smallest absolute Gasteiger partial charge is 0.396 e. The van der Waals surface area contributed by atoms with Crippen molar-refractivity contribution in [2.45, 2.75) is 63.8 Å². The molecule has 0 aliphatic heterocycles. The highest BCUT2D eigenvalue weighted by Crippen LogP contribution is 2.36. The van der Waals surface area contributed by atoms with E-state index in [9.17, 15) is 28.2 Å². The second-order valence-corrected chi connectivity index (χ2v) is 9.67. The largest absolute Gasteiger partial charge is 0.433 e. The van der Waals surface area contributed by atoms with Crippen molar-refractivity contribution in [1.82, 2.24) is 14.8 Å². The van der Waals surface area contributed by atoms with Crippen LogP contribution in [0.4, 0.5) is 18.9 Å². The van der Waals surface area contributed by atoms with Gasteiger partial charge in [0.25, 0.3) is 5.91 Å². The molecule has 35 heavy (non-hydrogen) atoms. The van der Waals surface area contributed by atoms with Crippen molar-refractivity contribution in [3.63, 3.8) is 0 Å². The molecule has 1 amide bonds. The molecule has 0 spiro atoms. The van der Waals surface area contributed by atoms with Gasteiger partial charge in [0.05, 0.1) is 17.2 Å². The molecule has 1 aromatic carbocycles. The third-order valence-corrected chi connectivity index (χ3v) is 6.57. The first kappa shape index (κ1) is 25.1. The minimum absolute atomic E-state index is 0.200. The van der Waals surface area contributed by atoms with Crippen molar-refractivity contribution >= 4 is 22.5 Å². The number of alkyl halides is 3. The summed E-state index contributed by atoms with van der Waals surface area (Å²) in [6.07, 6.45) is 1.96. The molecule has 4 rings (SSSR count). The molecule has 0 bridgehead atoms. The predicted molar refractivity (Wildman–Crippen MR) is 125 cm³/mol. The Balaban J connectivity index is 1.63. The van der Waals surface area contributed by atoms with E-state index in [-0.39, 0.29) is 24.0 Å². The first-order valence-corrected chi connectivity index (χ1v) is 11.7. The maximum absolute atomic E-state index is 13.0. The number of halogens is 3. The Hall–Kier alpha value is -2.98. The van der Waals surface area contributed by atoms with Crippen molar-refractivity contribution in [1.29, 1.82) is 0 Å². The molecule has 7 nitrogen and oxygen atoms in total. The average Bonchev–Trinajstić information content (AvgIpc) is 3.21. The van der Waals surface area contributed by atoms with Gasteiger partial charge in [-0.2, -0.15) is 18.3 Å². The summed E-state index contributed by atoms with van der Waals surface area (Å²) in [5.41, 5.74) is -1.56. The number of amides is 1. The van der Waals surface area contributed by atoms with E-state index in [1.165, 1.54) is 6.07 Å². The SMILES string of the molecule is CC(C)(O)c1cc2nn([C@H]3CC[C@H](CCO)CC3)cc2cc1NC(=O)c1cccc(C(F)(F)F)n1. The Kier molecular flexibility index (Phi) is 6.88. The zero-order chi connectivity index (χ0) is 25.4. The Morgan fingerprint density at radius 2 is 1.89 bits per heavy atom. The molecular formula is C25H29F3N4O3. The van der Waals surface area contributed by atoms with E-state index in [4.69, 9.17) is 5.10 Å². The lowest BCUT2D eigenvalue weighted by Crippen LogP contribution is -2.22. The Morgan fingerprint density at radius 1 is 1.17 bits per heavy atom. The van der Waals surface area contributed by atoms with Crippen LogP contribution < -0.4 is 5.32 Å². The van der Waals surface area contributed by atoms with Crippen LogP contribution in [-0.4, -0.2) is 37.5 Å². The Labute approximate surface area is 201 Å². The number of aliphatic hydroxyl groups is 2. The van der Waals surface area contributed by atoms with E-state index < -0.39 is 23.4 Å². The van der Waals surface area contributed by atoms with Gasteiger partial charge in [-0.25, -0.2) is 4.98 Å². The number of nitrogens with one attached hydrogen (secondary N) is 1. The molecule has 10 heteroatoms. The molecule has 1 aliphatic carbocycles. The van der Waals surface area contributed by atoms with E-state index in [0.717, 1.165) is 49.6 Å². The summed E-state index contributed by atoms with van der Waals surface area (Å²) < 4.78 is 41.0. The van der Waals surface area contributed by atoms with Crippen LogP contribution in [0.1, 0.15) is 73.7 Å². The third-order valence-electron chi connectivity index (χ3n) is 6.57. The van der Waals surface area contributed by atoms with Gasteiger partial charge in [-0.1, -0.05) is 6.07 Å². The quantitative estimate of drug-likeness (QED) is 0.449. The molecule has 3 N–H and O–H groups in total. The maximum atomic E-state index is 13.0. The fourth-order valence-electron chi connectivity index (χ4n) is 4.67. The molecule has 1 fully saturated rings. The number of anilines is 1. The number of pyridine rings is 1. The summed E-state index contributed by atoms with van der Waals surface area (Å²) in [6, 6.07) is 6.72. The zero-order valence-corrected chi connectivity index (χ0v) is 19.6. The number of benzene rings is 1. The second kappa shape index (κ2) is 9.58. The van der Waals surface area contributed by atoms with Crippen molar-refractivity contribution < 1.29 is 28.2 Å². The lowest BCUT2D eigenvalue weighted by molar-refractivity contribution is -0.141. The molecule has 0 saturated heterocycles. The molecule has 0 unspecified atom stereocenters. The number of aromatic nitrogens is 3. The second-order valence-electron chi connectivity index (χ2n) is 9.67. The minimum atomic E-state index is -4.67. The van der Waals surface area contributed by atoms with E-state index in [1.807, 2.05) is 10.9 Å². The first-order chi connectivity index (χ1) is 16.5. The molecule has 2 aromatic heterocycles. The first-order valence-electron chi connectivity index (χ1n) is 11.7. The number of aliphatic hydroxyl groups excluding tert-OH is 1. The van der Waals surface area contributed by atoms with Crippen molar-refractivity contribution in [3.8, 4) is 0 Å². The summed E-state index contributed by atoms with van der Waals surface area (Å²) >= 11 is 0. The maximum Gasteiger partial charge on any atom is 0.433 e. The van der Waals surface area contributed by atoms with Crippen LogP contribution in [0.3, 0.4) is 0 Å². The predicted octanol–water partition coefficient (Wildman–Crippen LogP) is 5.04. The minimum Gasteiger partial charge on any atom is -0.396 e. The number of carbonyl (C=O) groups is 1. The van der Waals surface area contributed by atoms with Gasteiger partial charge >= 0.3 is 6.18 Å². The van der Waals surface area contributed by atoms with Crippen LogP contribution in [0.25, 0.3) is 10.9 Å². The number of carbonyl (C=O) groups excluding carboxylic acids is 1. The highest BCUT2D eigenvalue weighted by atomic mass is 19.4. The summed E-state index contributed by atoms with van der Waals surface area (Å²) in [4.78, 5) is 16.2. The Morgan fingerprint density at radius 3 is 2.51 bits per heavy atom. The van der Waals surface area contributed by atoms with Gasteiger partial charge in [0.2, 0.25) is 0 Å². The van der Waals surface area contributed by atoms with Gasteiger partial charge < -0.3 is 15.5 Å². The number of hydrogen-bond acceptors (Lipinski definition) is 5. The molecule has 2 heterocycles. The molecule has 0 atom stereocenters. The normalized spacial score (nSPS) is 19.2. The third kappa shape index (κ3) is 5.65. The van der Waals surface area contributed by atoms with Gasteiger partial charge in [-0.15, -0.1) is 0 Å². The van der Waals surface area contributed by atoms with Crippen molar-refractivity contribution in [2.75, 3.05) is 11.9 Å². The fraction of sp³-hybridized carbons (Fsp3) is 0.480. The lowest BCUT2D eigenvalue weighted by Gasteiger charge is -2.28. The van der Waals surface area contributed by atoms with E-state index >= 15 is 0 Å². The highest BCUT2D eigenvalue weighted by molar-refractivity contribution is 6.04. The topological polar surface area (TPSA) is 100 Å². The van der Waals surface area contributed by atoms with Gasteiger partial charge in [-0.05, 0) is 76.1 Å². The van der Waals surface area contributed by atoms with E-state index in [0.29, 0.717) is 17.0 Å². The fourth-order valence-corrected chi connectivity index (χ4v) is 4.67. The molecular weight excluding hydrogens is 461 g/mol. The van der Waals surface area contributed by atoms with Crippen LogP contribution in [-0.2, 0) is 11.8 Å². The summed E-state index contributed by atoms with van der Waals surface area (Å²) in [5, 5.41) is 28.0. The van der Waals surface area contributed by atoms with E-state index in [1.54, 1.807) is 26.0 Å². The number of nitrogens with zero attached hydrogens (tertiary/aromatic N) is 3. The molecule has 0 radical (unpaired) electrons. The highest BCUT2D eigenvalue weighted by Gasteiger charge is 2.33. The molecule has 3 aromatic rings. The average molecular weight is 491 g/mol. The van der Waals surface area contributed by atoms with Crippen molar-refractivity contribution in [2.24, 2.45) is 5.92 Å². The van der Waals surface area contributed by atoms with Crippen LogP contribution in [0.2, 0.25) is 0 Å². The van der Waals surface area contributed by atoms with Crippen LogP contribution in [0.15, 0.2) is 36.5 Å².